The largest absolute Gasteiger partial charge is 0.496 e. The van der Waals surface area contributed by atoms with E-state index in [1.54, 1.807) is 11.0 Å². The molecule has 0 aromatic heterocycles. The summed E-state index contributed by atoms with van der Waals surface area (Å²) >= 11 is 0. The van der Waals surface area contributed by atoms with Crippen molar-refractivity contribution < 1.29 is 19.4 Å². The van der Waals surface area contributed by atoms with Gasteiger partial charge in [0, 0.05) is 24.8 Å². The van der Waals surface area contributed by atoms with E-state index in [9.17, 15) is 9.59 Å². The zero-order valence-corrected chi connectivity index (χ0v) is 10.7. The Morgan fingerprint density at radius 2 is 2.00 bits per heavy atom. The molecule has 19 heavy (non-hydrogen) atoms. The van der Waals surface area contributed by atoms with Crippen LogP contribution >= 0.6 is 0 Å². The highest BCUT2D eigenvalue weighted by Crippen LogP contribution is 2.23. The number of anilines is 1. The van der Waals surface area contributed by atoms with Crippen LogP contribution < -0.4 is 10.1 Å². The molecular formula is C13H16N2O4. The number of carboxylic acid groups (broad SMARTS) is 1. The third-order valence-electron chi connectivity index (χ3n) is 3.08. The van der Waals surface area contributed by atoms with Gasteiger partial charge in [-0.15, -0.1) is 0 Å². The zero-order valence-electron chi connectivity index (χ0n) is 10.7. The van der Waals surface area contributed by atoms with Crippen LogP contribution in [0.5, 0.6) is 5.75 Å². The van der Waals surface area contributed by atoms with Gasteiger partial charge in [-0.2, -0.15) is 0 Å². The highest BCUT2D eigenvalue weighted by Gasteiger charge is 2.18. The first-order valence-electron chi connectivity index (χ1n) is 6.09. The van der Waals surface area contributed by atoms with Gasteiger partial charge in [0.25, 0.3) is 0 Å². The van der Waals surface area contributed by atoms with Gasteiger partial charge in [-0.05, 0) is 25.0 Å². The summed E-state index contributed by atoms with van der Waals surface area (Å²) in [6, 6.07) is 4.32. The van der Waals surface area contributed by atoms with E-state index in [0.29, 0.717) is 5.69 Å². The van der Waals surface area contributed by atoms with Crippen molar-refractivity contribution in [2.24, 2.45) is 0 Å². The quantitative estimate of drug-likeness (QED) is 0.875. The van der Waals surface area contributed by atoms with Crippen molar-refractivity contribution in [1.82, 2.24) is 4.90 Å². The Bertz CT molecular complexity index is 495. The first-order valence-corrected chi connectivity index (χ1v) is 6.09. The number of amides is 2. The fourth-order valence-corrected chi connectivity index (χ4v) is 2.07. The molecule has 1 aliphatic heterocycles. The lowest BCUT2D eigenvalue weighted by molar-refractivity contribution is 0.0693. The molecule has 1 heterocycles. The number of carbonyl (C=O) groups excluding carboxylic acids is 1. The maximum Gasteiger partial charge on any atom is 0.339 e. The summed E-state index contributed by atoms with van der Waals surface area (Å²) in [5.74, 6) is -0.832. The van der Waals surface area contributed by atoms with Crippen LogP contribution in [0.2, 0.25) is 0 Å². The molecule has 102 valence electrons. The van der Waals surface area contributed by atoms with Gasteiger partial charge in [-0.1, -0.05) is 0 Å². The van der Waals surface area contributed by atoms with Gasteiger partial charge in [-0.25, -0.2) is 9.59 Å². The predicted octanol–water partition coefficient (Wildman–Crippen LogP) is 2.02. The summed E-state index contributed by atoms with van der Waals surface area (Å²) in [6.45, 7) is 1.52. The van der Waals surface area contributed by atoms with E-state index in [-0.39, 0.29) is 17.3 Å². The van der Waals surface area contributed by atoms with Crippen LogP contribution in [-0.4, -0.2) is 42.2 Å². The Morgan fingerprint density at radius 3 is 2.58 bits per heavy atom. The van der Waals surface area contributed by atoms with Crippen molar-refractivity contribution in [3.63, 3.8) is 0 Å². The molecule has 0 atom stereocenters. The van der Waals surface area contributed by atoms with E-state index in [1.807, 2.05) is 0 Å². The highest BCUT2D eigenvalue weighted by atomic mass is 16.5. The van der Waals surface area contributed by atoms with Crippen LogP contribution in [0, 0.1) is 0 Å². The monoisotopic (exact) mass is 264 g/mol. The highest BCUT2D eigenvalue weighted by molar-refractivity contribution is 5.94. The molecule has 1 aromatic carbocycles. The number of aromatic carboxylic acids is 1. The average molecular weight is 264 g/mol. The third kappa shape index (κ3) is 2.96. The Balaban J connectivity index is 2.12. The molecule has 2 rings (SSSR count). The van der Waals surface area contributed by atoms with Crippen LogP contribution in [0.15, 0.2) is 18.2 Å². The molecule has 0 aliphatic carbocycles. The number of methoxy groups -OCH3 is 1. The lowest BCUT2D eigenvalue weighted by Crippen LogP contribution is -2.32. The van der Waals surface area contributed by atoms with Crippen LogP contribution in [0.3, 0.4) is 0 Å². The van der Waals surface area contributed by atoms with Crippen molar-refractivity contribution >= 4 is 17.7 Å². The topological polar surface area (TPSA) is 78.9 Å². The number of carboxylic acids is 1. The molecule has 6 heteroatoms. The maximum absolute atomic E-state index is 11.9. The molecule has 0 saturated carbocycles. The van der Waals surface area contributed by atoms with Gasteiger partial charge in [0.05, 0.1) is 7.11 Å². The van der Waals surface area contributed by atoms with Crippen molar-refractivity contribution in [1.29, 1.82) is 0 Å². The van der Waals surface area contributed by atoms with E-state index in [2.05, 4.69) is 5.32 Å². The predicted molar refractivity (Wildman–Crippen MR) is 69.8 cm³/mol. The second-order valence-electron chi connectivity index (χ2n) is 4.34. The Kier molecular flexibility index (Phi) is 3.89. The first kappa shape index (κ1) is 13.2. The number of hydrogen-bond donors (Lipinski definition) is 2. The van der Waals surface area contributed by atoms with Gasteiger partial charge in [0.1, 0.15) is 11.3 Å². The Labute approximate surface area is 111 Å². The standard InChI is InChI=1S/C13H16N2O4/c1-19-11-8-9(4-5-10(11)12(16)17)14-13(18)15-6-2-3-7-15/h4-5,8H,2-3,6-7H2,1H3,(H,14,18)(H,16,17). The number of ether oxygens (including phenoxy) is 1. The van der Waals surface area contributed by atoms with Gasteiger partial charge in [-0.3, -0.25) is 0 Å². The summed E-state index contributed by atoms with van der Waals surface area (Å²) in [7, 11) is 1.40. The SMILES string of the molecule is COc1cc(NC(=O)N2CCCC2)ccc1C(=O)O. The van der Waals surface area contributed by atoms with Crippen molar-refractivity contribution in [3.8, 4) is 5.75 Å². The molecule has 1 aromatic rings. The van der Waals surface area contributed by atoms with Gasteiger partial charge < -0.3 is 20.1 Å². The lowest BCUT2D eigenvalue weighted by Gasteiger charge is -2.16. The molecule has 0 spiro atoms. The fraction of sp³-hybridized carbons (Fsp3) is 0.385. The van der Waals surface area contributed by atoms with Crippen molar-refractivity contribution in [3.05, 3.63) is 23.8 Å². The van der Waals surface area contributed by atoms with Crippen LogP contribution in [0.1, 0.15) is 23.2 Å². The summed E-state index contributed by atoms with van der Waals surface area (Å²) in [4.78, 5) is 24.6. The molecule has 0 unspecified atom stereocenters. The summed E-state index contributed by atoms with van der Waals surface area (Å²) in [6.07, 6.45) is 2.05. The van der Waals surface area contributed by atoms with E-state index >= 15 is 0 Å². The van der Waals surface area contributed by atoms with Crippen LogP contribution in [-0.2, 0) is 0 Å². The Hall–Kier alpha value is -2.24. The summed E-state index contributed by atoms with van der Waals surface area (Å²) in [5, 5.41) is 11.7. The van der Waals surface area contributed by atoms with Gasteiger partial charge in [0.15, 0.2) is 0 Å². The molecule has 6 nitrogen and oxygen atoms in total. The number of urea groups is 1. The van der Waals surface area contributed by atoms with E-state index in [0.717, 1.165) is 25.9 Å². The van der Waals surface area contributed by atoms with E-state index < -0.39 is 5.97 Å². The molecule has 0 radical (unpaired) electrons. The van der Waals surface area contributed by atoms with Crippen molar-refractivity contribution in [2.75, 3.05) is 25.5 Å². The van der Waals surface area contributed by atoms with Crippen molar-refractivity contribution in [2.45, 2.75) is 12.8 Å². The molecule has 1 aliphatic rings. The van der Waals surface area contributed by atoms with Gasteiger partial charge in [0.2, 0.25) is 0 Å². The molecule has 1 fully saturated rings. The number of likely N-dealkylation sites (tertiary alicyclic amines) is 1. The van der Waals surface area contributed by atoms with Crippen LogP contribution in [0.25, 0.3) is 0 Å². The minimum atomic E-state index is -1.06. The molecule has 1 saturated heterocycles. The second kappa shape index (κ2) is 5.60. The average Bonchev–Trinajstić information content (AvgIpc) is 2.92. The Morgan fingerprint density at radius 1 is 1.32 bits per heavy atom. The molecule has 2 amide bonds. The normalized spacial score (nSPS) is 14.3. The number of carbonyl (C=O) groups is 2. The van der Waals surface area contributed by atoms with E-state index in [4.69, 9.17) is 9.84 Å². The van der Waals surface area contributed by atoms with Gasteiger partial charge >= 0.3 is 12.0 Å². The molecular weight excluding hydrogens is 248 g/mol. The third-order valence-corrected chi connectivity index (χ3v) is 3.08. The maximum atomic E-state index is 11.9. The fourth-order valence-electron chi connectivity index (χ4n) is 2.07. The zero-order chi connectivity index (χ0) is 13.8. The number of nitrogens with zero attached hydrogens (tertiary/aromatic N) is 1. The second-order valence-corrected chi connectivity index (χ2v) is 4.34. The lowest BCUT2D eigenvalue weighted by atomic mass is 10.2. The summed E-state index contributed by atoms with van der Waals surface area (Å²) in [5.41, 5.74) is 0.598. The molecule has 2 N–H and O–H groups in total. The van der Waals surface area contributed by atoms with E-state index in [1.165, 1.54) is 19.2 Å². The summed E-state index contributed by atoms with van der Waals surface area (Å²) < 4.78 is 5.01. The number of rotatable bonds is 3. The number of hydrogen-bond acceptors (Lipinski definition) is 3. The first-order chi connectivity index (χ1) is 9.11. The minimum absolute atomic E-state index is 0.0710. The minimum Gasteiger partial charge on any atom is -0.496 e. The number of benzene rings is 1. The number of nitrogens with one attached hydrogen (secondary N) is 1. The smallest absolute Gasteiger partial charge is 0.339 e. The molecule has 0 bridgehead atoms. The van der Waals surface area contributed by atoms with Crippen LogP contribution in [0.4, 0.5) is 10.5 Å².